The van der Waals surface area contributed by atoms with Crippen LogP contribution in [0.4, 0.5) is 28.8 Å². The first kappa shape index (κ1) is 30.6. The van der Waals surface area contributed by atoms with Gasteiger partial charge in [-0.1, -0.05) is 30.7 Å². The zero-order chi connectivity index (χ0) is 29.7. The normalized spacial score (nSPS) is 17.3. The number of likely N-dealkylation sites (N-methyl/N-ethyl adjacent to an activating group) is 1. The lowest BCUT2D eigenvalue weighted by Crippen LogP contribution is -2.52. The maximum absolute atomic E-state index is 12.8. The molecule has 2 aliphatic heterocycles. The molecule has 1 aromatic heterocycles. The number of benzene rings is 2. The number of piperidine rings is 1. The van der Waals surface area contributed by atoms with Crippen molar-refractivity contribution < 1.29 is 9.30 Å². The molecule has 0 saturated carbocycles. The minimum atomic E-state index is -2.51. The number of para-hydroxylation sites is 1. The molecule has 0 radical (unpaired) electrons. The Bertz CT molecular complexity index is 1400. The van der Waals surface area contributed by atoms with Crippen molar-refractivity contribution in [3.8, 4) is 5.75 Å². The Morgan fingerprint density at radius 1 is 1.02 bits per heavy atom. The van der Waals surface area contributed by atoms with Gasteiger partial charge in [-0.2, -0.15) is 4.98 Å². The fourth-order valence-electron chi connectivity index (χ4n) is 5.66. The van der Waals surface area contributed by atoms with Crippen molar-refractivity contribution in [2.75, 3.05) is 81.8 Å². The first-order valence-corrected chi connectivity index (χ1v) is 17.8. The summed E-state index contributed by atoms with van der Waals surface area (Å²) < 4.78 is 19.1. The summed E-state index contributed by atoms with van der Waals surface area (Å²) in [5, 5.41) is 7.70. The number of aromatic nitrogens is 2. The van der Waals surface area contributed by atoms with Gasteiger partial charge in [-0.15, -0.1) is 0 Å². The van der Waals surface area contributed by atoms with E-state index in [0.717, 1.165) is 55.0 Å². The molecular formula is C31H43ClN7O2P. The van der Waals surface area contributed by atoms with E-state index >= 15 is 0 Å². The molecule has 0 spiro atoms. The van der Waals surface area contributed by atoms with E-state index in [1.54, 1.807) is 19.5 Å². The van der Waals surface area contributed by atoms with Crippen LogP contribution in [-0.4, -0.2) is 92.1 Å². The van der Waals surface area contributed by atoms with E-state index in [1.165, 1.54) is 25.9 Å². The fourth-order valence-corrected chi connectivity index (χ4v) is 6.95. The SMILES string of the molecule is CCCOc1cc(Nc2ncc(Cl)c(Nc3ccccc3P(C)(C)=O)n2)ccc1N1CCC(N2CCN(C)CC2)CC1. The molecule has 9 nitrogen and oxygen atoms in total. The molecule has 2 saturated heterocycles. The summed E-state index contributed by atoms with van der Waals surface area (Å²) >= 11 is 6.46. The fraction of sp³-hybridized carbons (Fsp3) is 0.484. The van der Waals surface area contributed by atoms with Gasteiger partial charge in [0.1, 0.15) is 17.9 Å². The topological polar surface area (TPSA) is 85.9 Å². The van der Waals surface area contributed by atoms with Gasteiger partial charge in [0.25, 0.3) is 0 Å². The molecule has 3 aromatic rings. The maximum Gasteiger partial charge on any atom is 0.229 e. The number of rotatable bonds is 10. The first-order valence-electron chi connectivity index (χ1n) is 14.9. The summed E-state index contributed by atoms with van der Waals surface area (Å²) in [7, 11) is -0.295. The highest BCUT2D eigenvalue weighted by Gasteiger charge is 2.28. The third-order valence-electron chi connectivity index (χ3n) is 8.02. The standard InChI is InChI=1S/C31H43ClN7O2P/c1-5-20-41-28-21-23(10-11-27(28)39-14-12-24(13-15-39)38-18-16-37(2)17-19-38)34-31-33-22-25(32)30(36-31)35-26-8-6-7-9-29(26)42(3,4)40/h6-11,21-22,24H,5,12-20H2,1-4H3,(H2,33,34,35,36). The first-order chi connectivity index (χ1) is 20.2. The van der Waals surface area contributed by atoms with Gasteiger partial charge in [-0.05, 0) is 63.9 Å². The summed E-state index contributed by atoms with van der Waals surface area (Å²) in [5.74, 6) is 1.71. The van der Waals surface area contributed by atoms with E-state index in [0.29, 0.717) is 35.1 Å². The van der Waals surface area contributed by atoms with Crippen LogP contribution < -0.4 is 25.6 Å². The van der Waals surface area contributed by atoms with Gasteiger partial charge in [-0.25, -0.2) is 4.98 Å². The van der Waals surface area contributed by atoms with Crippen molar-refractivity contribution in [1.29, 1.82) is 0 Å². The van der Waals surface area contributed by atoms with E-state index in [1.807, 2.05) is 36.4 Å². The van der Waals surface area contributed by atoms with E-state index in [-0.39, 0.29) is 0 Å². The van der Waals surface area contributed by atoms with Gasteiger partial charge in [0.15, 0.2) is 5.82 Å². The highest BCUT2D eigenvalue weighted by atomic mass is 35.5. The third kappa shape index (κ3) is 7.56. The molecule has 226 valence electrons. The zero-order valence-corrected chi connectivity index (χ0v) is 26.8. The Kier molecular flexibility index (Phi) is 9.94. The smallest absolute Gasteiger partial charge is 0.229 e. The number of ether oxygens (including phenoxy) is 1. The van der Waals surface area contributed by atoms with Crippen LogP contribution in [-0.2, 0) is 4.57 Å². The average molecular weight is 612 g/mol. The Labute approximate surface area is 255 Å². The lowest BCUT2D eigenvalue weighted by molar-refractivity contribution is 0.0981. The third-order valence-corrected chi connectivity index (χ3v) is 9.85. The zero-order valence-electron chi connectivity index (χ0n) is 25.1. The number of hydrogen-bond acceptors (Lipinski definition) is 9. The number of piperazine rings is 1. The van der Waals surface area contributed by atoms with E-state index in [9.17, 15) is 4.57 Å². The predicted octanol–water partition coefficient (Wildman–Crippen LogP) is 5.87. The van der Waals surface area contributed by atoms with E-state index < -0.39 is 7.14 Å². The van der Waals surface area contributed by atoms with Crippen LogP contribution in [0, 0.1) is 0 Å². The van der Waals surface area contributed by atoms with E-state index in [4.69, 9.17) is 16.3 Å². The monoisotopic (exact) mass is 611 g/mol. The van der Waals surface area contributed by atoms with Crippen LogP contribution in [0.3, 0.4) is 0 Å². The molecule has 2 aliphatic rings. The summed E-state index contributed by atoms with van der Waals surface area (Å²) in [5.41, 5.74) is 2.68. The van der Waals surface area contributed by atoms with Gasteiger partial charge in [-0.3, -0.25) is 4.90 Å². The molecule has 3 heterocycles. The Balaban J connectivity index is 1.30. The number of anilines is 5. The predicted molar refractivity (Wildman–Crippen MR) is 176 cm³/mol. The van der Waals surface area contributed by atoms with Crippen LogP contribution in [0.2, 0.25) is 5.02 Å². The second-order valence-electron chi connectivity index (χ2n) is 11.6. The molecule has 42 heavy (non-hydrogen) atoms. The van der Waals surface area contributed by atoms with Crippen molar-refractivity contribution in [3.63, 3.8) is 0 Å². The second kappa shape index (κ2) is 13.6. The summed E-state index contributed by atoms with van der Waals surface area (Å²) in [6, 6.07) is 14.4. The minimum Gasteiger partial charge on any atom is -0.491 e. The molecule has 5 rings (SSSR count). The molecule has 0 unspecified atom stereocenters. The molecule has 0 amide bonds. The van der Waals surface area contributed by atoms with Crippen molar-refractivity contribution in [2.24, 2.45) is 0 Å². The highest BCUT2D eigenvalue weighted by Crippen LogP contribution is 2.39. The molecule has 0 atom stereocenters. The Hall–Kier alpha value is -2.84. The maximum atomic E-state index is 12.8. The van der Waals surface area contributed by atoms with Crippen LogP contribution in [0.1, 0.15) is 26.2 Å². The average Bonchev–Trinajstić information content (AvgIpc) is 2.98. The Morgan fingerprint density at radius 3 is 2.48 bits per heavy atom. The summed E-state index contributed by atoms with van der Waals surface area (Å²) in [6.07, 6.45) is 4.83. The van der Waals surface area contributed by atoms with Crippen molar-refractivity contribution in [2.45, 2.75) is 32.2 Å². The number of nitrogens with zero attached hydrogens (tertiary/aromatic N) is 5. The van der Waals surface area contributed by atoms with Gasteiger partial charge >= 0.3 is 0 Å². The largest absolute Gasteiger partial charge is 0.491 e. The van der Waals surface area contributed by atoms with Crippen LogP contribution in [0.5, 0.6) is 5.75 Å². The molecule has 2 N–H and O–H groups in total. The van der Waals surface area contributed by atoms with Crippen molar-refractivity contribution in [3.05, 3.63) is 53.7 Å². The summed E-state index contributed by atoms with van der Waals surface area (Å²) in [6.45, 7) is 13.0. The van der Waals surface area contributed by atoms with Gasteiger partial charge < -0.3 is 29.7 Å². The minimum absolute atomic E-state index is 0.375. The number of hydrogen-bond donors (Lipinski definition) is 2. The van der Waals surface area contributed by atoms with Crippen molar-refractivity contribution >= 4 is 52.9 Å². The molecular weight excluding hydrogens is 569 g/mol. The van der Waals surface area contributed by atoms with E-state index in [2.05, 4.69) is 55.3 Å². The molecule has 0 aliphatic carbocycles. The van der Waals surface area contributed by atoms with Gasteiger partial charge in [0.2, 0.25) is 5.95 Å². The second-order valence-corrected chi connectivity index (χ2v) is 15.2. The lowest BCUT2D eigenvalue weighted by atomic mass is 10.0. The summed E-state index contributed by atoms with van der Waals surface area (Å²) in [4.78, 5) is 16.6. The molecule has 0 bridgehead atoms. The molecule has 11 heteroatoms. The molecule has 2 fully saturated rings. The lowest BCUT2D eigenvalue weighted by Gasteiger charge is -2.42. The van der Waals surface area contributed by atoms with Crippen LogP contribution in [0.15, 0.2) is 48.7 Å². The Morgan fingerprint density at radius 2 is 1.76 bits per heavy atom. The molecule has 2 aromatic carbocycles. The van der Waals surface area contributed by atoms with Gasteiger partial charge in [0, 0.05) is 62.4 Å². The highest BCUT2D eigenvalue weighted by molar-refractivity contribution is 7.70. The van der Waals surface area contributed by atoms with Gasteiger partial charge in [0.05, 0.1) is 24.2 Å². The van der Waals surface area contributed by atoms with Crippen molar-refractivity contribution in [1.82, 2.24) is 19.8 Å². The van der Waals surface area contributed by atoms with Crippen LogP contribution >= 0.6 is 18.7 Å². The number of halogens is 1. The quantitative estimate of drug-likeness (QED) is 0.273. The number of nitrogens with one attached hydrogen (secondary N) is 2. The van der Waals surface area contributed by atoms with Crippen LogP contribution in [0.25, 0.3) is 0 Å².